The van der Waals surface area contributed by atoms with Crippen molar-refractivity contribution in [1.82, 2.24) is 15.3 Å². The van der Waals surface area contributed by atoms with Crippen molar-refractivity contribution in [2.45, 2.75) is 32.7 Å². The van der Waals surface area contributed by atoms with Gasteiger partial charge in [0, 0.05) is 31.2 Å². The second-order valence-electron chi connectivity index (χ2n) is 6.99. The molecule has 2 N–H and O–H groups in total. The highest BCUT2D eigenvalue weighted by atomic mass is 16.5. The summed E-state index contributed by atoms with van der Waals surface area (Å²) in [6.45, 7) is 5.47. The van der Waals surface area contributed by atoms with Gasteiger partial charge in [0.1, 0.15) is 11.6 Å². The molecule has 0 atom stereocenters. The van der Waals surface area contributed by atoms with E-state index in [0.717, 1.165) is 43.2 Å². The number of rotatable bonds is 6. The molecule has 0 spiro atoms. The van der Waals surface area contributed by atoms with Crippen molar-refractivity contribution < 1.29 is 9.53 Å². The number of amides is 1. The van der Waals surface area contributed by atoms with Crippen molar-refractivity contribution in [3.8, 4) is 5.75 Å². The lowest BCUT2D eigenvalue weighted by atomic mass is 10.0. The van der Waals surface area contributed by atoms with Crippen LogP contribution in [-0.2, 0) is 4.79 Å². The second kappa shape index (κ2) is 8.70. The summed E-state index contributed by atoms with van der Waals surface area (Å²) in [5.41, 5.74) is 0.861. The maximum Gasteiger partial charge on any atom is 0.227 e. The smallest absolute Gasteiger partial charge is 0.227 e. The largest absolute Gasteiger partial charge is 0.495 e. The van der Waals surface area contributed by atoms with Gasteiger partial charge in [0.2, 0.25) is 11.9 Å². The number of nitrogens with one attached hydrogen (secondary N) is 2. The van der Waals surface area contributed by atoms with Crippen LogP contribution in [0, 0.1) is 5.92 Å². The summed E-state index contributed by atoms with van der Waals surface area (Å²) in [4.78, 5) is 23.1. The van der Waals surface area contributed by atoms with E-state index in [0.29, 0.717) is 5.95 Å². The minimum Gasteiger partial charge on any atom is -0.495 e. The Morgan fingerprint density at radius 2 is 1.96 bits per heavy atom. The first-order chi connectivity index (χ1) is 13.1. The molecule has 7 nitrogen and oxygen atoms in total. The summed E-state index contributed by atoms with van der Waals surface area (Å²) in [5.74, 6) is 2.32. The molecule has 2 heterocycles. The average molecular weight is 369 g/mol. The van der Waals surface area contributed by atoms with E-state index < -0.39 is 0 Å². The number of nitrogens with zero attached hydrogens (tertiary/aromatic N) is 3. The topological polar surface area (TPSA) is 79.4 Å². The van der Waals surface area contributed by atoms with Crippen molar-refractivity contribution in [3.63, 3.8) is 0 Å². The molecule has 27 heavy (non-hydrogen) atoms. The van der Waals surface area contributed by atoms with Crippen molar-refractivity contribution in [1.29, 1.82) is 0 Å². The molecule has 2 aromatic rings. The molecule has 144 valence electrons. The molecule has 1 amide bonds. The Balaban J connectivity index is 1.62. The molecular weight excluding hydrogens is 342 g/mol. The Kier molecular flexibility index (Phi) is 6.11. The first kappa shape index (κ1) is 18.9. The standard InChI is InChI=1S/C20H27N5O2/c1-14(2)19(26)22-15-9-12-25(13-10-15)20-21-11-8-18(24-20)23-16-6-4-5-7-17(16)27-3/h4-8,11,14-15H,9-10,12-13H2,1-3H3,(H,22,26)(H,21,23,24). The maximum absolute atomic E-state index is 11.9. The van der Waals surface area contributed by atoms with Gasteiger partial charge >= 0.3 is 0 Å². The predicted octanol–water partition coefficient (Wildman–Crippen LogP) is 2.97. The summed E-state index contributed by atoms with van der Waals surface area (Å²) < 4.78 is 5.37. The third kappa shape index (κ3) is 4.87. The van der Waals surface area contributed by atoms with Crippen LogP contribution in [0.1, 0.15) is 26.7 Å². The monoisotopic (exact) mass is 369 g/mol. The Bertz CT molecular complexity index is 772. The number of piperidine rings is 1. The van der Waals surface area contributed by atoms with Crippen LogP contribution >= 0.6 is 0 Å². The first-order valence-corrected chi connectivity index (χ1v) is 9.35. The highest BCUT2D eigenvalue weighted by Gasteiger charge is 2.23. The van der Waals surface area contributed by atoms with Crippen LogP contribution < -0.4 is 20.3 Å². The van der Waals surface area contributed by atoms with Gasteiger partial charge in [0.25, 0.3) is 0 Å². The van der Waals surface area contributed by atoms with Crippen molar-refractivity contribution >= 4 is 23.4 Å². The number of ether oxygens (including phenoxy) is 1. The van der Waals surface area contributed by atoms with Gasteiger partial charge in [-0.25, -0.2) is 4.98 Å². The van der Waals surface area contributed by atoms with Crippen LogP contribution in [0.3, 0.4) is 0 Å². The van der Waals surface area contributed by atoms with Gasteiger partial charge in [-0.3, -0.25) is 4.79 Å². The zero-order chi connectivity index (χ0) is 19.2. The minimum atomic E-state index is 0.0177. The zero-order valence-corrected chi connectivity index (χ0v) is 16.1. The Labute approximate surface area is 160 Å². The van der Waals surface area contributed by atoms with Gasteiger partial charge in [-0.05, 0) is 31.0 Å². The van der Waals surface area contributed by atoms with Crippen molar-refractivity contribution in [3.05, 3.63) is 36.5 Å². The van der Waals surface area contributed by atoms with E-state index in [4.69, 9.17) is 4.74 Å². The average Bonchev–Trinajstić information content (AvgIpc) is 2.69. The van der Waals surface area contributed by atoms with E-state index in [-0.39, 0.29) is 17.9 Å². The van der Waals surface area contributed by atoms with E-state index in [2.05, 4.69) is 25.5 Å². The lowest BCUT2D eigenvalue weighted by molar-refractivity contribution is -0.124. The number of benzene rings is 1. The summed E-state index contributed by atoms with van der Waals surface area (Å²) in [6.07, 6.45) is 3.55. The Morgan fingerprint density at radius 3 is 2.67 bits per heavy atom. The molecular formula is C20H27N5O2. The molecule has 0 aliphatic carbocycles. The van der Waals surface area contributed by atoms with Gasteiger partial charge < -0.3 is 20.3 Å². The zero-order valence-electron chi connectivity index (χ0n) is 16.1. The fourth-order valence-corrected chi connectivity index (χ4v) is 3.05. The molecule has 0 radical (unpaired) electrons. The Morgan fingerprint density at radius 1 is 1.22 bits per heavy atom. The van der Waals surface area contributed by atoms with Gasteiger partial charge in [0.05, 0.1) is 12.8 Å². The highest BCUT2D eigenvalue weighted by Crippen LogP contribution is 2.27. The molecule has 0 unspecified atom stereocenters. The van der Waals surface area contributed by atoms with Crippen LogP contribution in [0.2, 0.25) is 0 Å². The molecule has 1 aromatic carbocycles. The molecule has 1 aliphatic rings. The van der Waals surface area contributed by atoms with Crippen molar-refractivity contribution in [2.24, 2.45) is 5.92 Å². The third-order valence-electron chi connectivity index (χ3n) is 4.66. The first-order valence-electron chi connectivity index (χ1n) is 9.35. The number of hydrogen-bond acceptors (Lipinski definition) is 6. The SMILES string of the molecule is COc1ccccc1Nc1ccnc(N2CCC(NC(=O)C(C)C)CC2)n1. The molecule has 7 heteroatoms. The fourth-order valence-electron chi connectivity index (χ4n) is 3.05. The van der Waals surface area contributed by atoms with E-state index >= 15 is 0 Å². The second-order valence-corrected chi connectivity index (χ2v) is 6.99. The van der Waals surface area contributed by atoms with E-state index in [9.17, 15) is 4.79 Å². The molecule has 0 saturated carbocycles. The van der Waals surface area contributed by atoms with Gasteiger partial charge in [0.15, 0.2) is 0 Å². The van der Waals surface area contributed by atoms with Gasteiger partial charge in [-0.15, -0.1) is 0 Å². The number of carbonyl (C=O) groups is 1. The van der Waals surface area contributed by atoms with Crippen LogP contribution in [0.4, 0.5) is 17.5 Å². The number of carbonyl (C=O) groups excluding carboxylic acids is 1. The van der Waals surface area contributed by atoms with Crippen molar-refractivity contribution in [2.75, 3.05) is 30.4 Å². The van der Waals surface area contributed by atoms with Gasteiger partial charge in [-0.2, -0.15) is 4.98 Å². The Hall–Kier alpha value is -2.83. The van der Waals surface area contributed by atoms with Gasteiger partial charge in [-0.1, -0.05) is 26.0 Å². The van der Waals surface area contributed by atoms with E-state index in [1.54, 1.807) is 13.3 Å². The minimum absolute atomic E-state index is 0.0177. The number of para-hydroxylation sites is 2. The number of methoxy groups -OCH3 is 1. The normalized spacial score (nSPS) is 14.9. The summed E-state index contributed by atoms with van der Waals surface area (Å²) in [6, 6.07) is 9.79. The van der Waals surface area contributed by atoms with E-state index in [1.165, 1.54) is 0 Å². The van der Waals surface area contributed by atoms with Crippen LogP contribution in [0.15, 0.2) is 36.5 Å². The number of aromatic nitrogens is 2. The lowest BCUT2D eigenvalue weighted by Gasteiger charge is -2.32. The summed E-state index contributed by atoms with van der Waals surface area (Å²) >= 11 is 0. The lowest BCUT2D eigenvalue weighted by Crippen LogP contribution is -2.46. The van der Waals surface area contributed by atoms with Crippen LogP contribution in [0.25, 0.3) is 0 Å². The molecule has 0 bridgehead atoms. The molecule has 1 saturated heterocycles. The highest BCUT2D eigenvalue weighted by molar-refractivity contribution is 5.78. The predicted molar refractivity (Wildman–Crippen MR) is 107 cm³/mol. The van der Waals surface area contributed by atoms with Crippen LogP contribution in [-0.4, -0.2) is 42.1 Å². The van der Waals surface area contributed by atoms with E-state index in [1.807, 2.05) is 44.2 Å². The molecule has 1 aromatic heterocycles. The molecule has 1 fully saturated rings. The molecule has 1 aliphatic heterocycles. The third-order valence-corrected chi connectivity index (χ3v) is 4.66. The number of anilines is 3. The summed E-state index contributed by atoms with van der Waals surface area (Å²) in [7, 11) is 1.65. The fraction of sp³-hybridized carbons (Fsp3) is 0.450. The maximum atomic E-state index is 11.9. The summed E-state index contributed by atoms with van der Waals surface area (Å²) in [5, 5.41) is 6.40. The number of hydrogen-bond donors (Lipinski definition) is 2. The quantitative estimate of drug-likeness (QED) is 0.815. The van der Waals surface area contributed by atoms with Crippen LogP contribution in [0.5, 0.6) is 5.75 Å². The molecule has 3 rings (SSSR count).